The summed E-state index contributed by atoms with van der Waals surface area (Å²) in [6, 6.07) is 9.21. The molecule has 0 aromatic heterocycles. The summed E-state index contributed by atoms with van der Waals surface area (Å²) in [7, 11) is 0. The van der Waals surface area contributed by atoms with E-state index < -0.39 is 11.7 Å². The average molecular weight is 272 g/mol. The van der Waals surface area contributed by atoms with Crippen molar-refractivity contribution in [3.63, 3.8) is 0 Å². The lowest BCUT2D eigenvalue weighted by Gasteiger charge is -2.19. The van der Waals surface area contributed by atoms with E-state index in [9.17, 15) is 14.3 Å². The van der Waals surface area contributed by atoms with E-state index in [-0.39, 0.29) is 11.3 Å². The quantitative estimate of drug-likeness (QED) is 0.783. The fourth-order valence-corrected chi connectivity index (χ4v) is 2.55. The van der Waals surface area contributed by atoms with Gasteiger partial charge in [0.15, 0.2) is 0 Å². The molecule has 0 radical (unpaired) electrons. The van der Waals surface area contributed by atoms with E-state index in [0.29, 0.717) is 24.3 Å². The first kappa shape index (κ1) is 12.5. The second-order valence-electron chi connectivity index (χ2n) is 4.70. The zero-order chi connectivity index (χ0) is 14.3. The van der Waals surface area contributed by atoms with E-state index in [2.05, 4.69) is 0 Å². The summed E-state index contributed by atoms with van der Waals surface area (Å²) in [4.78, 5) is 13.9. The Balaban J connectivity index is 2.07. The molecular formula is C15H13FN2O2. The molecule has 3 N–H and O–H groups in total. The molecule has 1 aliphatic rings. The van der Waals surface area contributed by atoms with Crippen molar-refractivity contribution >= 4 is 17.3 Å². The number of halogens is 1. The van der Waals surface area contributed by atoms with Crippen molar-refractivity contribution in [2.45, 2.75) is 6.42 Å². The van der Waals surface area contributed by atoms with Gasteiger partial charge in [-0.05, 0) is 30.2 Å². The van der Waals surface area contributed by atoms with Gasteiger partial charge in [0.25, 0.3) is 5.91 Å². The molecule has 0 fully saturated rings. The zero-order valence-electron chi connectivity index (χ0n) is 10.6. The number of nitrogens with two attached hydrogens (primary N) is 1. The Morgan fingerprint density at radius 1 is 1.25 bits per heavy atom. The number of benzene rings is 2. The van der Waals surface area contributed by atoms with E-state index in [4.69, 9.17) is 5.73 Å². The van der Waals surface area contributed by atoms with Crippen LogP contribution in [0.25, 0.3) is 0 Å². The Hall–Kier alpha value is -2.56. The third-order valence-corrected chi connectivity index (χ3v) is 3.48. The highest BCUT2D eigenvalue weighted by Crippen LogP contribution is 2.35. The first-order valence-electron chi connectivity index (χ1n) is 6.26. The van der Waals surface area contributed by atoms with E-state index >= 15 is 0 Å². The minimum Gasteiger partial charge on any atom is -0.507 e. The van der Waals surface area contributed by atoms with Crippen LogP contribution in [0.4, 0.5) is 15.8 Å². The highest BCUT2D eigenvalue weighted by Gasteiger charge is 2.30. The summed E-state index contributed by atoms with van der Waals surface area (Å²) >= 11 is 0. The number of hydrogen-bond acceptors (Lipinski definition) is 3. The van der Waals surface area contributed by atoms with Gasteiger partial charge in [-0.2, -0.15) is 0 Å². The monoisotopic (exact) mass is 272 g/mol. The van der Waals surface area contributed by atoms with E-state index in [0.717, 1.165) is 11.6 Å². The molecule has 2 aromatic rings. The molecule has 102 valence electrons. The lowest BCUT2D eigenvalue weighted by atomic mass is 10.1. The molecule has 5 heteroatoms. The maximum absolute atomic E-state index is 13.8. The number of nitrogens with zero attached hydrogens (tertiary/aromatic N) is 1. The van der Waals surface area contributed by atoms with Crippen LogP contribution in [0.2, 0.25) is 0 Å². The predicted molar refractivity (Wildman–Crippen MR) is 74.3 cm³/mol. The minimum atomic E-state index is -0.738. The molecule has 4 nitrogen and oxygen atoms in total. The molecule has 0 bridgehead atoms. The summed E-state index contributed by atoms with van der Waals surface area (Å²) < 4.78 is 13.8. The molecule has 3 rings (SSSR count). The Morgan fingerprint density at radius 3 is 2.75 bits per heavy atom. The number of hydrogen-bond donors (Lipinski definition) is 2. The first-order valence-corrected chi connectivity index (χ1v) is 6.26. The Labute approximate surface area is 115 Å². The van der Waals surface area contributed by atoms with Gasteiger partial charge in [-0.25, -0.2) is 4.39 Å². The molecule has 20 heavy (non-hydrogen) atoms. The fraction of sp³-hybridized carbons (Fsp3) is 0.133. The molecule has 1 heterocycles. The van der Waals surface area contributed by atoms with Gasteiger partial charge in [0, 0.05) is 6.54 Å². The number of para-hydroxylation sites is 1. The van der Waals surface area contributed by atoms with E-state index in [1.807, 2.05) is 12.1 Å². The molecule has 0 unspecified atom stereocenters. The molecule has 0 atom stereocenters. The topological polar surface area (TPSA) is 66.6 Å². The molecule has 0 spiro atoms. The number of phenolic OH excluding ortho intramolecular Hbond substituents is 1. The number of amides is 1. The molecule has 0 saturated carbocycles. The molecule has 1 amide bonds. The third kappa shape index (κ3) is 1.79. The van der Waals surface area contributed by atoms with Crippen molar-refractivity contribution in [1.82, 2.24) is 0 Å². The average Bonchev–Trinajstić information content (AvgIpc) is 2.83. The van der Waals surface area contributed by atoms with Crippen molar-refractivity contribution in [3.05, 3.63) is 53.3 Å². The lowest BCUT2D eigenvalue weighted by Crippen LogP contribution is -2.30. The Kier molecular flexibility index (Phi) is 2.82. The van der Waals surface area contributed by atoms with Gasteiger partial charge < -0.3 is 15.7 Å². The van der Waals surface area contributed by atoms with Gasteiger partial charge in [0.05, 0.1) is 11.4 Å². The van der Waals surface area contributed by atoms with Crippen LogP contribution in [-0.4, -0.2) is 17.6 Å². The summed E-state index contributed by atoms with van der Waals surface area (Å²) in [5.74, 6) is -1.67. The normalized spacial score (nSPS) is 13.3. The second-order valence-corrected chi connectivity index (χ2v) is 4.70. The van der Waals surface area contributed by atoms with Crippen LogP contribution in [0.5, 0.6) is 5.75 Å². The van der Waals surface area contributed by atoms with Crippen LogP contribution < -0.4 is 10.6 Å². The van der Waals surface area contributed by atoms with Crippen LogP contribution in [0.1, 0.15) is 15.9 Å². The summed E-state index contributed by atoms with van der Waals surface area (Å²) in [5, 5.41) is 9.72. The molecule has 2 aromatic carbocycles. The van der Waals surface area contributed by atoms with Crippen LogP contribution in [-0.2, 0) is 6.42 Å². The number of phenols is 1. The summed E-state index contributed by atoms with van der Waals surface area (Å²) in [5.41, 5.74) is 7.63. The maximum atomic E-state index is 13.8. The van der Waals surface area contributed by atoms with Crippen molar-refractivity contribution < 1.29 is 14.3 Å². The van der Waals surface area contributed by atoms with E-state index in [1.165, 1.54) is 17.0 Å². The minimum absolute atomic E-state index is 0.316. The third-order valence-electron chi connectivity index (χ3n) is 3.48. The molecule has 0 saturated heterocycles. The number of carbonyl (C=O) groups excluding carboxylic acids is 1. The Morgan fingerprint density at radius 2 is 2.00 bits per heavy atom. The van der Waals surface area contributed by atoms with Gasteiger partial charge in [-0.1, -0.05) is 18.2 Å². The second kappa shape index (κ2) is 4.52. The Bertz CT molecular complexity index is 680. The predicted octanol–water partition coefficient (Wildman–Crippen LogP) is 2.32. The van der Waals surface area contributed by atoms with Gasteiger partial charge >= 0.3 is 0 Å². The first-order chi connectivity index (χ1) is 9.59. The smallest absolute Gasteiger partial charge is 0.265 e. The van der Waals surface area contributed by atoms with Crippen LogP contribution in [0.3, 0.4) is 0 Å². The lowest BCUT2D eigenvalue weighted by molar-refractivity contribution is 0.0983. The number of rotatable bonds is 1. The van der Waals surface area contributed by atoms with Crippen LogP contribution in [0, 0.1) is 5.82 Å². The number of carbonyl (C=O) groups is 1. The summed E-state index contributed by atoms with van der Waals surface area (Å²) in [6.07, 6.45) is 0.668. The fourth-order valence-electron chi connectivity index (χ4n) is 2.55. The molecule has 1 aliphatic heterocycles. The number of aromatic hydroxyl groups is 1. The van der Waals surface area contributed by atoms with E-state index in [1.54, 1.807) is 6.07 Å². The van der Waals surface area contributed by atoms with Gasteiger partial charge in [0.1, 0.15) is 17.1 Å². The summed E-state index contributed by atoms with van der Waals surface area (Å²) in [6.45, 7) is 0.427. The zero-order valence-corrected chi connectivity index (χ0v) is 10.6. The maximum Gasteiger partial charge on any atom is 0.265 e. The van der Waals surface area contributed by atoms with Gasteiger partial charge in [-0.3, -0.25) is 4.79 Å². The molecular weight excluding hydrogens is 259 g/mol. The van der Waals surface area contributed by atoms with Crippen LogP contribution in [0.15, 0.2) is 36.4 Å². The highest BCUT2D eigenvalue weighted by molar-refractivity contribution is 6.10. The molecule has 0 aliphatic carbocycles. The number of fused-ring (bicyclic) bond motifs is 1. The number of anilines is 2. The number of nitrogen functional groups attached to an aromatic ring is 1. The van der Waals surface area contributed by atoms with Crippen LogP contribution >= 0.6 is 0 Å². The van der Waals surface area contributed by atoms with Crippen molar-refractivity contribution in [2.24, 2.45) is 0 Å². The van der Waals surface area contributed by atoms with Gasteiger partial charge in [-0.15, -0.1) is 0 Å². The highest BCUT2D eigenvalue weighted by atomic mass is 19.1. The van der Waals surface area contributed by atoms with Crippen molar-refractivity contribution in [1.29, 1.82) is 0 Å². The van der Waals surface area contributed by atoms with Crippen molar-refractivity contribution in [3.8, 4) is 5.75 Å². The largest absolute Gasteiger partial charge is 0.507 e. The van der Waals surface area contributed by atoms with Crippen molar-refractivity contribution in [2.75, 3.05) is 17.2 Å². The van der Waals surface area contributed by atoms with Gasteiger partial charge in [0.2, 0.25) is 0 Å². The standard InChI is InChI=1S/C15H13FN2O2/c16-10-4-2-6-12(19)13(10)15(20)18-8-7-9-3-1-5-11(17)14(9)18/h1-6,19H,7-8,17H2. The SMILES string of the molecule is Nc1cccc2c1N(C(=O)c1c(O)cccc1F)CC2.